The van der Waals surface area contributed by atoms with Gasteiger partial charge in [0.05, 0.1) is 32.2 Å². The maximum Gasteiger partial charge on any atom is 0.495 e. The van der Waals surface area contributed by atoms with Gasteiger partial charge in [-0.25, -0.2) is 28.7 Å². The molecule has 0 saturated carbocycles. The highest BCUT2D eigenvalue weighted by Gasteiger charge is 2.43. The number of nitrogens with zero attached hydrogens (tertiary/aromatic N) is 3. The Bertz CT molecular complexity index is 1990. The third-order valence-electron chi connectivity index (χ3n) is 7.79. The van der Waals surface area contributed by atoms with Gasteiger partial charge in [0.25, 0.3) is 11.5 Å². The van der Waals surface area contributed by atoms with E-state index in [2.05, 4.69) is 20.0 Å². The molecule has 1 saturated heterocycles. The molecule has 3 aromatic carbocycles. The fourth-order valence-electron chi connectivity index (χ4n) is 5.36. The summed E-state index contributed by atoms with van der Waals surface area (Å²) in [5, 5.41) is 2.44. The molecule has 1 aromatic heterocycles. The number of fused-ring (bicyclic) bond motifs is 1. The Hall–Kier alpha value is -4.66. The second-order valence-electron chi connectivity index (χ2n) is 11.1. The molecule has 1 N–H and O–H groups in total. The predicted octanol–water partition coefficient (Wildman–Crippen LogP) is 4.50. The molecule has 0 spiro atoms. The van der Waals surface area contributed by atoms with Gasteiger partial charge in [0.15, 0.2) is 0 Å². The number of carbonyl (C=O) groups is 3. The quantitative estimate of drug-likeness (QED) is 0.210. The van der Waals surface area contributed by atoms with Crippen LogP contribution >= 0.6 is 23.2 Å². The summed E-state index contributed by atoms with van der Waals surface area (Å²) in [5.41, 5.74) is 0.586. The van der Waals surface area contributed by atoms with Crippen LogP contribution in [0.3, 0.4) is 0 Å². The van der Waals surface area contributed by atoms with Crippen molar-refractivity contribution in [2.24, 2.45) is 7.05 Å². The van der Waals surface area contributed by atoms with Crippen LogP contribution in [-0.4, -0.2) is 57.2 Å². The summed E-state index contributed by atoms with van der Waals surface area (Å²) in [7, 11) is 1.56. The first-order valence-electron chi connectivity index (χ1n) is 14.6. The minimum absolute atomic E-state index is 0.0785. The SMILES string of the molecule is Cn1c(=O)n(-c2ccc(CC(NC(=O)c3c(Cl)cccc3Cl)C(=O)OOC(=O)C(F)(F)F)cc2)c(=O)c2ccc(CN3CCCC3)cc21. The van der Waals surface area contributed by atoms with Gasteiger partial charge in [-0.15, -0.1) is 0 Å². The molecule has 1 aliphatic rings. The first kappa shape index (κ1) is 34.7. The maximum atomic E-state index is 13.5. The van der Waals surface area contributed by atoms with Crippen molar-refractivity contribution in [1.29, 1.82) is 0 Å². The van der Waals surface area contributed by atoms with Gasteiger partial charge in [0, 0.05) is 20.0 Å². The number of aryl methyl sites for hydroxylation is 1. The molecule has 1 atom stereocenters. The molecule has 48 heavy (non-hydrogen) atoms. The standard InChI is InChI=1S/C32H27Cl2F3N4O7/c1-39-25-16-19(17-40-13-2-3-14-40)9-12-21(25)28(43)41(31(39)46)20-10-7-18(8-11-20)15-24(29(44)47-48-30(45)32(35,36)37)38-27(42)26-22(33)5-4-6-23(26)34/h4-12,16,24H,2-3,13-15,17H2,1H3,(H,38,42). The number of rotatable bonds is 8. The number of nitrogens with one attached hydrogen (secondary N) is 1. The van der Waals surface area contributed by atoms with E-state index in [1.807, 2.05) is 12.1 Å². The summed E-state index contributed by atoms with van der Waals surface area (Å²) in [4.78, 5) is 73.7. The van der Waals surface area contributed by atoms with Crippen molar-refractivity contribution in [2.75, 3.05) is 13.1 Å². The van der Waals surface area contributed by atoms with Crippen molar-refractivity contribution >= 4 is 52.0 Å². The summed E-state index contributed by atoms with van der Waals surface area (Å²) < 4.78 is 40.1. The lowest BCUT2D eigenvalue weighted by molar-refractivity contribution is -0.286. The number of amides is 1. The van der Waals surface area contributed by atoms with Crippen molar-refractivity contribution in [3.63, 3.8) is 0 Å². The van der Waals surface area contributed by atoms with Crippen LogP contribution in [0.4, 0.5) is 13.2 Å². The fourth-order valence-corrected chi connectivity index (χ4v) is 5.93. The summed E-state index contributed by atoms with van der Waals surface area (Å²) in [6, 6.07) is 13.5. The number of aromatic nitrogens is 2. The van der Waals surface area contributed by atoms with Gasteiger partial charge in [-0.1, -0.05) is 47.5 Å². The highest BCUT2D eigenvalue weighted by molar-refractivity contribution is 6.39. The highest BCUT2D eigenvalue weighted by atomic mass is 35.5. The average Bonchev–Trinajstić information content (AvgIpc) is 3.55. The van der Waals surface area contributed by atoms with E-state index in [9.17, 15) is 37.1 Å². The lowest BCUT2D eigenvalue weighted by atomic mass is 10.0. The number of hydrogen-bond acceptors (Lipinski definition) is 8. The number of hydrogen-bond donors (Lipinski definition) is 1. The molecule has 11 nitrogen and oxygen atoms in total. The third kappa shape index (κ3) is 7.56. The zero-order chi connectivity index (χ0) is 34.7. The number of benzene rings is 3. The van der Waals surface area contributed by atoms with E-state index in [0.717, 1.165) is 36.1 Å². The summed E-state index contributed by atoms with van der Waals surface area (Å²) in [6.07, 6.45) is -3.58. The van der Waals surface area contributed by atoms with Gasteiger partial charge in [-0.05, 0) is 73.5 Å². The summed E-state index contributed by atoms with van der Waals surface area (Å²) in [6.45, 7) is 2.69. The molecule has 1 fully saturated rings. The molecular formula is C32H27Cl2F3N4O7. The fraction of sp³-hybridized carbons (Fsp3) is 0.281. The number of likely N-dealkylation sites (tertiary alicyclic amines) is 1. The van der Waals surface area contributed by atoms with Crippen molar-refractivity contribution in [3.8, 4) is 5.69 Å². The Morgan fingerprint density at radius 2 is 1.54 bits per heavy atom. The topological polar surface area (TPSA) is 129 Å². The highest BCUT2D eigenvalue weighted by Crippen LogP contribution is 2.25. The number of carbonyl (C=O) groups excluding carboxylic acids is 3. The lowest BCUT2D eigenvalue weighted by Gasteiger charge is -2.18. The smallest absolute Gasteiger partial charge is 0.338 e. The van der Waals surface area contributed by atoms with Crippen LogP contribution in [-0.2, 0) is 39.4 Å². The normalized spacial score (nSPS) is 14.1. The third-order valence-corrected chi connectivity index (χ3v) is 8.41. The van der Waals surface area contributed by atoms with Crippen molar-refractivity contribution in [2.45, 2.75) is 38.0 Å². The Labute approximate surface area is 280 Å². The zero-order valence-corrected chi connectivity index (χ0v) is 26.7. The Morgan fingerprint density at radius 3 is 2.17 bits per heavy atom. The van der Waals surface area contributed by atoms with Gasteiger partial charge < -0.3 is 5.32 Å². The molecular weight excluding hydrogens is 680 g/mol. The van der Waals surface area contributed by atoms with Gasteiger partial charge in [0.1, 0.15) is 6.04 Å². The number of alkyl halides is 3. The molecule has 1 aliphatic heterocycles. The first-order chi connectivity index (χ1) is 22.7. The summed E-state index contributed by atoms with van der Waals surface area (Å²) in [5.74, 6) is -5.30. The van der Waals surface area contributed by atoms with Crippen LogP contribution in [0.15, 0.2) is 70.3 Å². The predicted molar refractivity (Wildman–Crippen MR) is 169 cm³/mol. The molecule has 4 aromatic rings. The van der Waals surface area contributed by atoms with E-state index in [1.165, 1.54) is 47.0 Å². The van der Waals surface area contributed by atoms with Gasteiger partial charge >= 0.3 is 23.8 Å². The first-order valence-corrected chi connectivity index (χ1v) is 15.3. The van der Waals surface area contributed by atoms with Gasteiger partial charge in [-0.3, -0.25) is 19.1 Å². The van der Waals surface area contributed by atoms with Crippen molar-refractivity contribution in [3.05, 3.63) is 108 Å². The minimum Gasteiger partial charge on any atom is -0.338 e. The monoisotopic (exact) mass is 706 g/mol. The van der Waals surface area contributed by atoms with E-state index in [1.54, 1.807) is 13.1 Å². The van der Waals surface area contributed by atoms with Crippen LogP contribution in [0.1, 0.15) is 34.3 Å². The van der Waals surface area contributed by atoms with Crippen molar-refractivity contribution < 1.29 is 37.3 Å². The zero-order valence-electron chi connectivity index (χ0n) is 25.2. The Morgan fingerprint density at radius 1 is 0.917 bits per heavy atom. The Balaban J connectivity index is 1.41. The van der Waals surface area contributed by atoms with Gasteiger partial charge in [0.2, 0.25) is 0 Å². The van der Waals surface area contributed by atoms with Crippen molar-refractivity contribution in [1.82, 2.24) is 19.4 Å². The molecule has 252 valence electrons. The molecule has 2 heterocycles. The van der Waals surface area contributed by atoms with E-state index in [4.69, 9.17) is 23.2 Å². The lowest BCUT2D eigenvalue weighted by Crippen LogP contribution is -2.44. The summed E-state index contributed by atoms with van der Waals surface area (Å²) >= 11 is 12.2. The van der Waals surface area contributed by atoms with Gasteiger partial charge in [-0.2, -0.15) is 13.2 Å². The van der Waals surface area contributed by atoms with Crippen LogP contribution < -0.4 is 16.6 Å². The maximum absolute atomic E-state index is 13.5. The minimum atomic E-state index is -5.45. The molecule has 0 bridgehead atoms. The second-order valence-corrected chi connectivity index (χ2v) is 11.9. The van der Waals surface area contributed by atoms with E-state index in [-0.39, 0.29) is 27.7 Å². The van der Waals surface area contributed by atoms with E-state index < -0.39 is 41.3 Å². The average molecular weight is 707 g/mol. The number of halogens is 5. The second kappa shape index (κ2) is 14.2. The van der Waals surface area contributed by atoms with Crippen LogP contribution in [0.5, 0.6) is 0 Å². The molecule has 5 rings (SSSR count). The Kier molecular flexibility index (Phi) is 10.3. The van der Waals surface area contributed by atoms with E-state index >= 15 is 0 Å². The molecule has 0 aliphatic carbocycles. The largest absolute Gasteiger partial charge is 0.495 e. The molecule has 16 heteroatoms. The van der Waals surface area contributed by atoms with Crippen LogP contribution in [0.2, 0.25) is 10.0 Å². The van der Waals surface area contributed by atoms with E-state index in [0.29, 0.717) is 23.0 Å². The molecule has 0 radical (unpaired) electrons. The molecule has 1 amide bonds. The molecule has 1 unspecified atom stereocenters. The van der Waals surface area contributed by atoms with Crippen LogP contribution in [0, 0.1) is 0 Å². The van der Waals surface area contributed by atoms with Crippen LogP contribution in [0.25, 0.3) is 16.6 Å².